The van der Waals surface area contributed by atoms with Crippen LogP contribution < -0.4 is 16.0 Å². The van der Waals surface area contributed by atoms with Crippen molar-refractivity contribution < 1.29 is 9.53 Å². The minimum atomic E-state index is -0.494. The first-order chi connectivity index (χ1) is 11.6. The number of ether oxygens (including phenoxy) is 1. The van der Waals surface area contributed by atoms with Gasteiger partial charge in [-0.15, -0.1) is 0 Å². The van der Waals surface area contributed by atoms with Gasteiger partial charge in [0, 0.05) is 20.1 Å². The number of hydrogen-bond acceptors (Lipinski definition) is 3. The molecular weight excluding hydrogens is 316 g/mol. The van der Waals surface area contributed by atoms with Gasteiger partial charge < -0.3 is 20.7 Å². The normalized spacial score (nSPS) is 18.9. The van der Waals surface area contributed by atoms with Crippen molar-refractivity contribution in [3.8, 4) is 0 Å². The van der Waals surface area contributed by atoms with E-state index in [0.29, 0.717) is 6.54 Å². The molecule has 0 saturated heterocycles. The lowest BCUT2D eigenvalue weighted by Gasteiger charge is -2.29. The molecule has 6 heteroatoms. The largest absolute Gasteiger partial charge is 0.444 e. The van der Waals surface area contributed by atoms with E-state index >= 15 is 0 Å². The van der Waals surface area contributed by atoms with Crippen LogP contribution in [0.15, 0.2) is 4.99 Å². The first-order valence-corrected chi connectivity index (χ1v) is 9.55. The Morgan fingerprint density at radius 2 is 1.64 bits per heavy atom. The number of rotatable bonds is 7. The molecule has 144 valence electrons. The van der Waals surface area contributed by atoms with Gasteiger partial charge in [-0.1, -0.05) is 0 Å². The number of hydrogen-bond donors (Lipinski definition) is 3. The van der Waals surface area contributed by atoms with E-state index in [1.807, 2.05) is 34.6 Å². The summed E-state index contributed by atoms with van der Waals surface area (Å²) in [7, 11) is 1.78. The maximum Gasteiger partial charge on any atom is 0.408 e. The molecule has 6 nitrogen and oxygen atoms in total. The van der Waals surface area contributed by atoms with E-state index in [1.165, 1.54) is 25.7 Å². The summed E-state index contributed by atoms with van der Waals surface area (Å²) >= 11 is 0. The first-order valence-electron chi connectivity index (χ1n) is 9.55. The van der Waals surface area contributed by atoms with Gasteiger partial charge in [0.15, 0.2) is 5.96 Å². The Labute approximate surface area is 152 Å². The summed E-state index contributed by atoms with van der Waals surface area (Å²) in [6, 6.07) is 0. The topological polar surface area (TPSA) is 74.8 Å². The zero-order valence-corrected chi connectivity index (χ0v) is 16.7. The summed E-state index contributed by atoms with van der Waals surface area (Å²) in [6.45, 7) is 11.1. The van der Waals surface area contributed by atoms with E-state index in [0.717, 1.165) is 30.3 Å². The Morgan fingerprint density at radius 1 is 1.08 bits per heavy atom. The number of guanidine groups is 1. The molecule has 0 radical (unpaired) electrons. The third-order valence-electron chi connectivity index (χ3n) is 4.72. The molecule has 2 fully saturated rings. The molecule has 0 aromatic heterocycles. The van der Waals surface area contributed by atoms with Crippen LogP contribution in [0.5, 0.6) is 0 Å². The maximum absolute atomic E-state index is 12.0. The molecular formula is C19H36N4O2. The van der Waals surface area contributed by atoms with Gasteiger partial charge in [-0.05, 0) is 78.1 Å². The fourth-order valence-corrected chi connectivity index (χ4v) is 3.13. The molecule has 2 aliphatic rings. The van der Waals surface area contributed by atoms with Gasteiger partial charge in [0.2, 0.25) is 0 Å². The number of nitrogens with one attached hydrogen (secondary N) is 3. The number of aliphatic imine (C=N–C) groups is 1. The minimum Gasteiger partial charge on any atom is -0.444 e. The molecule has 0 aromatic rings. The Bertz CT molecular complexity index is 476. The number of carbonyl (C=O) groups excluding carboxylic acids is 1. The molecule has 0 atom stereocenters. The van der Waals surface area contributed by atoms with Crippen LogP contribution in [0.1, 0.15) is 60.3 Å². The monoisotopic (exact) mass is 352 g/mol. The summed E-state index contributed by atoms with van der Waals surface area (Å²) in [5, 5.41) is 9.70. The van der Waals surface area contributed by atoms with Crippen molar-refractivity contribution in [2.45, 2.75) is 71.4 Å². The lowest BCUT2D eigenvalue weighted by Crippen LogP contribution is -2.54. The van der Waals surface area contributed by atoms with E-state index in [4.69, 9.17) is 4.74 Å². The Balaban J connectivity index is 1.73. The molecule has 0 spiro atoms. The molecule has 2 aliphatic carbocycles. The van der Waals surface area contributed by atoms with E-state index < -0.39 is 17.2 Å². The van der Waals surface area contributed by atoms with Crippen molar-refractivity contribution in [1.82, 2.24) is 16.0 Å². The lowest BCUT2D eigenvalue weighted by atomic mass is 9.98. The Morgan fingerprint density at radius 3 is 2.08 bits per heavy atom. The second kappa shape index (κ2) is 7.83. The number of carbonyl (C=O) groups is 1. The fourth-order valence-electron chi connectivity index (χ4n) is 3.13. The summed E-state index contributed by atoms with van der Waals surface area (Å²) < 4.78 is 5.33. The van der Waals surface area contributed by atoms with Crippen LogP contribution in [0.3, 0.4) is 0 Å². The van der Waals surface area contributed by atoms with Gasteiger partial charge in [-0.3, -0.25) is 4.99 Å². The van der Waals surface area contributed by atoms with Gasteiger partial charge in [0.1, 0.15) is 5.60 Å². The van der Waals surface area contributed by atoms with Crippen LogP contribution in [0.2, 0.25) is 0 Å². The van der Waals surface area contributed by atoms with Crippen LogP contribution >= 0.6 is 0 Å². The van der Waals surface area contributed by atoms with Crippen molar-refractivity contribution in [2.75, 3.05) is 20.1 Å². The van der Waals surface area contributed by atoms with E-state index in [9.17, 15) is 4.79 Å². The van der Waals surface area contributed by atoms with Crippen molar-refractivity contribution >= 4 is 12.1 Å². The quantitative estimate of drug-likeness (QED) is 0.486. The molecule has 2 rings (SSSR count). The van der Waals surface area contributed by atoms with E-state index in [2.05, 4.69) is 20.9 Å². The molecule has 3 N–H and O–H groups in total. The summed E-state index contributed by atoms with van der Waals surface area (Å²) in [5.74, 6) is 3.43. The van der Waals surface area contributed by atoms with Crippen molar-refractivity contribution in [1.29, 1.82) is 0 Å². The Kier molecular flexibility index (Phi) is 6.22. The molecule has 1 amide bonds. The first kappa shape index (κ1) is 19.9. The van der Waals surface area contributed by atoms with E-state index in [-0.39, 0.29) is 0 Å². The zero-order valence-electron chi connectivity index (χ0n) is 16.7. The number of alkyl carbamates (subject to hydrolysis) is 1. The minimum absolute atomic E-state index is 0.398. The van der Waals surface area contributed by atoms with Crippen LogP contribution in [-0.4, -0.2) is 43.3 Å². The van der Waals surface area contributed by atoms with Crippen molar-refractivity contribution in [3.63, 3.8) is 0 Å². The van der Waals surface area contributed by atoms with Gasteiger partial charge >= 0.3 is 6.09 Å². The van der Waals surface area contributed by atoms with Crippen LogP contribution in [0, 0.1) is 17.8 Å². The van der Waals surface area contributed by atoms with Crippen molar-refractivity contribution in [3.05, 3.63) is 0 Å². The van der Waals surface area contributed by atoms with Gasteiger partial charge in [0.05, 0.1) is 5.54 Å². The van der Waals surface area contributed by atoms with E-state index in [1.54, 1.807) is 7.05 Å². The van der Waals surface area contributed by atoms with Crippen LogP contribution in [0.25, 0.3) is 0 Å². The third-order valence-corrected chi connectivity index (χ3v) is 4.72. The number of nitrogens with zero attached hydrogens (tertiary/aromatic N) is 1. The molecule has 0 bridgehead atoms. The molecule has 0 aromatic carbocycles. The molecule has 2 saturated carbocycles. The predicted octanol–water partition coefficient (Wildman–Crippen LogP) is 2.89. The highest BCUT2D eigenvalue weighted by Crippen LogP contribution is 2.48. The average molecular weight is 353 g/mol. The molecule has 0 heterocycles. The number of amides is 1. The second-order valence-electron chi connectivity index (χ2n) is 9.16. The van der Waals surface area contributed by atoms with Crippen LogP contribution in [0.4, 0.5) is 4.79 Å². The highest BCUT2D eigenvalue weighted by Gasteiger charge is 2.41. The highest BCUT2D eigenvalue weighted by atomic mass is 16.6. The van der Waals surface area contributed by atoms with Gasteiger partial charge in [-0.2, -0.15) is 0 Å². The summed E-state index contributed by atoms with van der Waals surface area (Å²) in [6.07, 6.45) is 5.16. The average Bonchev–Trinajstić information content (AvgIpc) is 3.33. The highest BCUT2D eigenvalue weighted by molar-refractivity contribution is 5.79. The Hall–Kier alpha value is -1.46. The molecule has 0 aliphatic heterocycles. The fraction of sp³-hybridized carbons (Fsp3) is 0.895. The predicted molar refractivity (Wildman–Crippen MR) is 102 cm³/mol. The zero-order chi connectivity index (χ0) is 18.7. The lowest BCUT2D eigenvalue weighted by molar-refractivity contribution is 0.0474. The third kappa shape index (κ3) is 7.53. The standard InChI is InChI=1S/C19H36N4O2/c1-18(2,3)25-17(24)23-19(4,5)12-22-16(20-6)21-11-15(13-7-8-13)14-9-10-14/h13-15H,7-12H2,1-6H3,(H,23,24)(H2,20,21,22). The smallest absolute Gasteiger partial charge is 0.408 e. The molecule has 25 heavy (non-hydrogen) atoms. The summed E-state index contributed by atoms with van der Waals surface area (Å²) in [4.78, 5) is 16.3. The summed E-state index contributed by atoms with van der Waals surface area (Å²) in [5.41, 5.74) is -0.932. The van der Waals surface area contributed by atoms with Crippen LogP contribution in [-0.2, 0) is 4.74 Å². The maximum atomic E-state index is 12.0. The second-order valence-corrected chi connectivity index (χ2v) is 9.16. The molecule has 0 unspecified atom stereocenters. The van der Waals surface area contributed by atoms with Gasteiger partial charge in [-0.25, -0.2) is 4.79 Å². The van der Waals surface area contributed by atoms with Crippen molar-refractivity contribution in [2.24, 2.45) is 22.7 Å². The SMILES string of the molecule is CN=C(NCC(C1CC1)C1CC1)NCC(C)(C)NC(=O)OC(C)(C)C. The van der Waals surface area contributed by atoms with Gasteiger partial charge in [0.25, 0.3) is 0 Å².